The van der Waals surface area contributed by atoms with Gasteiger partial charge in [-0.25, -0.2) is 0 Å². The molecule has 0 saturated heterocycles. The molecule has 7 heteroatoms. The van der Waals surface area contributed by atoms with Crippen molar-refractivity contribution in [1.29, 1.82) is 0 Å². The molecular weight excluding hydrogens is 340 g/mol. The summed E-state index contributed by atoms with van der Waals surface area (Å²) in [5, 5.41) is 0.573. The lowest BCUT2D eigenvalue weighted by atomic mass is 10.1. The smallest absolute Gasteiger partial charge is 0.265 e. The maximum absolute atomic E-state index is 11.5. The highest BCUT2D eigenvalue weighted by Gasteiger charge is 2.38. The summed E-state index contributed by atoms with van der Waals surface area (Å²) in [5.74, 6) is 0. The number of halogens is 1. The molecule has 1 atom stereocenters. The van der Waals surface area contributed by atoms with E-state index in [1.807, 2.05) is 0 Å². The summed E-state index contributed by atoms with van der Waals surface area (Å²) >= 11 is 5.99. The predicted octanol–water partition coefficient (Wildman–Crippen LogP) is 4.38. The topological polar surface area (TPSA) is 52.6 Å². The second kappa shape index (κ2) is 7.01. The molecule has 4 nitrogen and oxygen atoms in total. The third-order valence-corrected chi connectivity index (χ3v) is 9.23. The molecule has 0 unspecified atom stereocenters. The van der Waals surface area contributed by atoms with Gasteiger partial charge in [-0.15, -0.1) is 0 Å². The van der Waals surface area contributed by atoms with E-state index in [1.54, 1.807) is 24.3 Å². The molecule has 0 fully saturated rings. The van der Waals surface area contributed by atoms with Gasteiger partial charge >= 0.3 is 0 Å². The van der Waals surface area contributed by atoms with Crippen LogP contribution in [0.5, 0.6) is 0 Å². The molecule has 0 aliphatic heterocycles. The summed E-state index contributed by atoms with van der Waals surface area (Å²) in [6.45, 7) is 10.8. The molecule has 126 valence electrons. The largest absolute Gasteiger partial charge is 0.414 e. The zero-order valence-corrected chi connectivity index (χ0v) is 16.6. The highest BCUT2D eigenvalue weighted by Crippen LogP contribution is 2.37. The van der Waals surface area contributed by atoms with Crippen molar-refractivity contribution >= 4 is 30.0 Å². The van der Waals surface area contributed by atoms with Gasteiger partial charge in [-0.3, -0.25) is 4.18 Å². The summed E-state index contributed by atoms with van der Waals surface area (Å²) < 4.78 is 34.3. The van der Waals surface area contributed by atoms with Crippen LogP contribution in [0.3, 0.4) is 0 Å². The Morgan fingerprint density at radius 2 is 1.86 bits per heavy atom. The van der Waals surface area contributed by atoms with Crippen LogP contribution in [0.4, 0.5) is 0 Å². The molecule has 0 spiro atoms. The van der Waals surface area contributed by atoms with E-state index in [0.717, 1.165) is 6.26 Å². The molecule has 0 amide bonds. The monoisotopic (exact) mass is 364 g/mol. The molecule has 0 aliphatic rings. The Kier molecular flexibility index (Phi) is 6.26. The van der Waals surface area contributed by atoms with Crippen LogP contribution >= 0.6 is 11.6 Å². The van der Waals surface area contributed by atoms with Gasteiger partial charge in [0.05, 0.1) is 12.9 Å². The Balaban J connectivity index is 2.98. The fourth-order valence-electron chi connectivity index (χ4n) is 1.60. The maximum Gasteiger partial charge on any atom is 0.265 e. The summed E-state index contributed by atoms with van der Waals surface area (Å²) in [6, 6.07) is 6.99. The molecule has 0 aromatic heterocycles. The van der Waals surface area contributed by atoms with E-state index in [-0.39, 0.29) is 11.6 Å². The predicted molar refractivity (Wildman–Crippen MR) is 93.3 cm³/mol. The highest BCUT2D eigenvalue weighted by atomic mass is 35.5. The van der Waals surface area contributed by atoms with Gasteiger partial charge in [0.1, 0.15) is 6.10 Å². The standard InChI is InChI=1S/C15H25ClO4SSi/c1-15(2,3)22(5,6)19-11-14(20-21(4,17)18)12-8-7-9-13(16)10-12/h7-10,14H,11H2,1-6H3/t14-/m0/s1. The van der Waals surface area contributed by atoms with Crippen LogP contribution < -0.4 is 0 Å². The van der Waals surface area contributed by atoms with Crippen molar-refractivity contribution in [2.45, 2.75) is 45.0 Å². The van der Waals surface area contributed by atoms with Gasteiger partial charge in [0, 0.05) is 5.02 Å². The highest BCUT2D eigenvalue weighted by molar-refractivity contribution is 7.86. The molecule has 0 radical (unpaired) electrons. The average Bonchev–Trinajstić information content (AvgIpc) is 2.31. The van der Waals surface area contributed by atoms with Crippen molar-refractivity contribution in [2.24, 2.45) is 0 Å². The van der Waals surface area contributed by atoms with E-state index >= 15 is 0 Å². The second-order valence-corrected chi connectivity index (χ2v) is 13.8. The van der Waals surface area contributed by atoms with Gasteiger partial charge in [-0.05, 0) is 35.8 Å². The minimum absolute atomic E-state index is 0.0387. The first kappa shape index (κ1) is 19.6. The van der Waals surface area contributed by atoms with Crippen molar-refractivity contribution in [1.82, 2.24) is 0 Å². The van der Waals surface area contributed by atoms with E-state index in [1.165, 1.54) is 0 Å². The first-order chi connectivity index (χ1) is 9.82. The van der Waals surface area contributed by atoms with Crippen molar-refractivity contribution in [2.75, 3.05) is 12.9 Å². The van der Waals surface area contributed by atoms with E-state index in [4.69, 9.17) is 20.2 Å². The van der Waals surface area contributed by atoms with Crippen molar-refractivity contribution in [3.8, 4) is 0 Å². The van der Waals surface area contributed by atoms with E-state index < -0.39 is 24.5 Å². The van der Waals surface area contributed by atoms with Crippen LogP contribution in [0.25, 0.3) is 0 Å². The zero-order chi connectivity index (χ0) is 17.2. The normalized spacial score (nSPS) is 14.9. The first-order valence-corrected chi connectivity index (χ1v) is 12.2. The van der Waals surface area contributed by atoms with E-state index in [9.17, 15) is 8.42 Å². The molecule has 0 N–H and O–H groups in total. The van der Waals surface area contributed by atoms with Crippen LogP contribution in [0.15, 0.2) is 24.3 Å². The lowest BCUT2D eigenvalue weighted by Gasteiger charge is -2.37. The fraction of sp³-hybridized carbons (Fsp3) is 0.600. The molecule has 0 heterocycles. The summed E-state index contributed by atoms with van der Waals surface area (Å²) in [4.78, 5) is 0. The summed E-state index contributed by atoms with van der Waals surface area (Å²) in [5.41, 5.74) is 0.691. The quantitative estimate of drug-likeness (QED) is 0.555. The van der Waals surface area contributed by atoms with Gasteiger partial charge in [0.15, 0.2) is 8.32 Å². The van der Waals surface area contributed by atoms with Crippen molar-refractivity contribution in [3.63, 3.8) is 0 Å². The molecule has 1 aromatic carbocycles. The SMILES string of the molecule is CC(C)(C)[Si](C)(C)OC[C@H](OS(C)(=O)=O)c1cccc(Cl)c1. The van der Waals surface area contributed by atoms with Gasteiger partial charge in [-0.1, -0.05) is 44.5 Å². The minimum atomic E-state index is -3.60. The lowest BCUT2D eigenvalue weighted by Crippen LogP contribution is -2.42. The molecule has 0 saturated carbocycles. The Labute approximate surface area is 140 Å². The van der Waals surface area contributed by atoms with Gasteiger partial charge < -0.3 is 4.43 Å². The average molecular weight is 365 g/mol. The van der Waals surface area contributed by atoms with Crippen molar-refractivity contribution < 1.29 is 17.0 Å². The van der Waals surface area contributed by atoms with Crippen LogP contribution in [0.2, 0.25) is 23.2 Å². The third kappa shape index (κ3) is 6.00. The number of hydrogen-bond acceptors (Lipinski definition) is 4. The number of benzene rings is 1. The molecule has 22 heavy (non-hydrogen) atoms. The van der Waals surface area contributed by atoms with Gasteiger partial charge in [0.2, 0.25) is 0 Å². The Morgan fingerprint density at radius 3 is 2.32 bits per heavy atom. The first-order valence-electron chi connectivity index (χ1n) is 7.09. The van der Waals surface area contributed by atoms with Gasteiger partial charge in [0.25, 0.3) is 10.1 Å². The minimum Gasteiger partial charge on any atom is -0.414 e. The molecule has 1 aromatic rings. The molecule has 0 bridgehead atoms. The fourth-order valence-corrected chi connectivity index (χ4v) is 3.39. The van der Waals surface area contributed by atoms with E-state index in [0.29, 0.717) is 10.6 Å². The number of hydrogen-bond donors (Lipinski definition) is 0. The van der Waals surface area contributed by atoms with Crippen LogP contribution in [0.1, 0.15) is 32.4 Å². The molecule has 1 rings (SSSR count). The van der Waals surface area contributed by atoms with Crippen LogP contribution in [-0.2, 0) is 18.7 Å². The zero-order valence-electron chi connectivity index (χ0n) is 14.0. The number of rotatable bonds is 6. The lowest BCUT2D eigenvalue weighted by molar-refractivity contribution is 0.127. The van der Waals surface area contributed by atoms with E-state index in [2.05, 4.69) is 33.9 Å². The van der Waals surface area contributed by atoms with Crippen LogP contribution in [-0.4, -0.2) is 29.6 Å². The summed E-state index contributed by atoms with van der Waals surface area (Å²) in [6.07, 6.45) is 0.347. The maximum atomic E-state index is 11.5. The Morgan fingerprint density at radius 1 is 1.27 bits per heavy atom. The molecular formula is C15H25ClO4SSi. The summed E-state index contributed by atoms with van der Waals surface area (Å²) in [7, 11) is -5.59. The van der Waals surface area contributed by atoms with Gasteiger partial charge in [-0.2, -0.15) is 8.42 Å². The Hall–Kier alpha value is -0.403. The Bertz CT molecular complexity index is 608. The second-order valence-electron chi connectivity index (χ2n) is 6.92. The van der Waals surface area contributed by atoms with Crippen molar-refractivity contribution in [3.05, 3.63) is 34.9 Å². The van der Waals surface area contributed by atoms with Crippen LogP contribution in [0, 0.1) is 0 Å². The molecule has 0 aliphatic carbocycles. The third-order valence-electron chi connectivity index (χ3n) is 3.91.